The highest BCUT2D eigenvalue weighted by molar-refractivity contribution is 7.17. The zero-order valence-corrected chi connectivity index (χ0v) is 16.6. The summed E-state index contributed by atoms with van der Waals surface area (Å²) in [6.45, 7) is 4.62. The third-order valence-corrected chi connectivity index (χ3v) is 6.03. The molecule has 6 heteroatoms. The summed E-state index contributed by atoms with van der Waals surface area (Å²) in [6.07, 6.45) is 2.59. The monoisotopic (exact) mass is 371 g/mol. The van der Waals surface area contributed by atoms with Crippen LogP contribution >= 0.6 is 11.3 Å². The predicted octanol–water partition coefficient (Wildman–Crippen LogP) is 3.37. The Kier molecular flexibility index (Phi) is 5.41. The maximum absolute atomic E-state index is 13.1. The Balaban J connectivity index is 1.86. The Bertz CT molecular complexity index is 811. The molecular formula is C20H25N3O2S. The topological polar surface area (TPSA) is 53.5 Å². The van der Waals surface area contributed by atoms with Gasteiger partial charge in [0.25, 0.3) is 5.91 Å². The second-order valence-corrected chi connectivity index (χ2v) is 7.87. The molecule has 1 saturated heterocycles. The van der Waals surface area contributed by atoms with Gasteiger partial charge in [-0.25, -0.2) is 4.98 Å². The van der Waals surface area contributed by atoms with Crippen LogP contribution in [0.2, 0.25) is 0 Å². The number of nitrogens with zero attached hydrogens (tertiary/aromatic N) is 3. The fourth-order valence-electron chi connectivity index (χ4n) is 3.30. The number of benzene rings is 1. The van der Waals surface area contributed by atoms with Gasteiger partial charge in [-0.3, -0.25) is 9.59 Å². The first-order valence-electron chi connectivity index (χ1n) is 9.01. The van der Waals surface area contributed by atoms with Crippen LogP contribution in [0, 0.1) is 6.92 Å². The lowest BCUT2D eigenvalue weighted by molar-refractivity contribution is -0.132. The Hall–Kier alpha value is -2.21. The normalized spacial score (nSPS) is 16.8. The number of hydrogen-bond donors (Lipinski definition) is 0. The first-order chi connectivity index (χ1) is 12.4. The van der Waals surface area contributed by atoms with Crippen LogP contribution in [-0.4, -0.2) is 53.3 Å². The number of rotatable bonds is 4. The van der Waals surface area contributed by atoms with Crippen LogP contribution in [-0.2, 0) is 11.2 Å². The van der Waals surface area contributed by atoms with Crippen LogP contribution in [0.3, 0.4) is 0 Å². The summed E-state index contributed by atoms with van der Waals surface area (Å²) in [5, 5.41) is 0.850. The van der Waals surface area contributed by atoms with Crippen molar-refractivity contribution in [3.63, 3.8) is 0 Å². The number of amides is 2. The van der Waals surface area contributed by atoms with Crippen molar-refractivity contribution in [3.8, 4) is 10.6 Å². The van der Waals surface area contributed by atoms with Crippen molar-refractivity contribution in [2.24, 2.45) is 0 Å². The van der Waals surface area contributed by atoms with E-state index in [1.807, 2.05) is 6.92 Å². The lowest BCUT2D eigenvalue weighted by Gasteiger charge is -2.25. The molecule has 2 heterocycles. The molecule has 1 aliphatic heterocycles. The summed E-state index contributed by atoms with van der Waals surface area (Å²) in [5.74, 6) is -0.0810. The van der Waals surface area contributed by atoms with Crippen molar-refractivity contribution in [1.82, 2.24) is 14.8 Å². The number of aryl methyl sites for hydroxylation is 2. The Morgan fingerprint density at radius 2 is 1.96 bits per heavy atom. The van der Waals surface area contributed by atoms with Crippen molar-refractivity contribution < 1.29 is 9.59 Å². The van der Waals surface area contributed by atoms with E-state index in [1.54, 1.807) is 23.9 Å². The number of likely N-dealkylation sites (N-methyl/N-ethyl adjacent to an activating group) is 1. The average Bonchev–Trinajstić information content (AvgIpc) is 3.27. The van der Waals surface area contributed by atoms with Gasteiger partial charge in [0, 0.05) is 26.2 Å². The lowest BCUT2D eigenvalue weighted by Crippen LogP contribution is -2.45. The molecule has 0 bridgehead atoms. The third-order valence-electron chi connectivity index (χ3n) is 4.84. The van der Waals surface area contributed by atoms with E-state index in [0.717, 1.165) is 35.5 Å². The SMILES string of the molecule is CCc1ccc(-c2nc(C)c(C(=O)N3CCCC3C(=O)N(C)C)s2)cc1. The molecule has 5 nitrogen and oxygen atoms in total. The summed E-state index contributed by atoms with van der Waals surface area (Å²) in [6, 6.07) is 7.95. The van der Waals surface area contributed by atoms with E-state index in [-0.39, 0.29) is 17.9 Å². The first kappa shape index (κ1) is 18.6. The van der Waals surface area contributed by atoms with Gasteiger partial charge in [-0.1, -0.05) is 31.2 Å². The molecule has 0 saturated carbocycles. The molecule has 26 heavy (non-hydrogen) atoms. The number of thiazole rings is 1. The summed E-state index contributed by atoms with van der Waals surface area (Å²) in [5.41, 5.74) is 3.04. The van der Waals surface area contributed by atoms with Crippen LogP contribution in [0.25, 0.3) is 10.6 Å². The minimum absolute atomic E-state index is 0.00611. The molecule has 0 N–H and O–H groups in total. The van der Waals surface area contributed by atoms with Gasteiger partial charge in [0.05, 0.1) is 5.69 Å². The van der Waals surface area contributed by atoms with Gasteiger partial charge in [-0.15, -0.1) is 11.3 Å². The highest BCUT2D eigenvalue weighted by Crippen LogP contribution is 2.31. The standard InChI is InChI=1S/C20H25N3O2S/c1-5-14-8-10-15(11-9-14)18-21-13(2)17(26-18)20(25)23-12-6-7-16(23)19(24)22(3)4/h8-11,16H,5-7,12H2,1-4H3. The van der Waals surface area contributed by atoms with E-state index in [0.29, 0.717) is 11.4 Å². The summed E-state index contributed by atoms with van der Waals surface area (Å²) >= 11 is 1.42. The molecule has 1 unspecified atom stereocenters. The number of carbonyl (C=O) groups excluding carboxylic acids is 2. The summed E-state index contributed by atoms with van der Waals surface area (Å²) in [7, 11) is 3.47. The molecule has 1 fully saturated rings. The molecule has 2 aromatic rings. The van der Waals surface area contributed by atoms with Gasteiger partial charge in [-0.2, -0.15) is 0 Å². The zero-order chi connectivity index (χ0) is 18.8. The van der Waals surface area contributed by atoms with Crippen LogP contribution in [0.1, 0.15) is 40.7 Å². The molecule has 1 aromatic carbocycles. The molecule has 1 atom stereocenters. The molecule has 0 radical (unpaired) electrons. The van der Waals surface area contributed by atoms with Crippen molar-refractivity contribution in [2.75, 3.05) is 20.6 Å². The molecule has 0 spiro atoms. The third kappa shape index (κ3) is 3.51. The van der Waals surface area contributed by atoms with Gasteiger partial charge in [0.15, 0.2) is 0 Å². The Labute approximate surface area is 158 Å². The maximum Gasteiger partial charge on any atom is 0.266 e. The molecule has 138 valence electrons. The fraction of sp³-hybridized carbons (Fsp3) is 0.450. The first-order valence-corrected chi connectivity index (χ1v) is 9.83. The van der Waals surface area contributed by atoms with Gasteiger partial charge < -0.3 is 9.80 Å². The molecular weight excluding hydrogens is 346 g/mol. The molecule has 1 aromatic heterocycles. The highest BCUT2D eigenvalue weighted by atomic mass is 32.1. The highest BCUT2D eigenvalue weighted by Gasteiger charge is 2.36. The summed E-state index contributed by atoms with van der Waals surface area (Å²) in [4.78, 5) is 34.0. The maximum atomic E-state index is 13.1. The van der Waals surface area contributed by atoms with Gasteiger partial charge >= 0.3 is 0 Å². The van der Waals surface area contributed by atoms with Crippen LogP contribution in [0.4, 0.5) is 0 Å². The van der Waals surface area contributed by atoms with E-state index in [4.69, 9.17) is 0 Å². The smallest absolute Gasteiger partial charge is 0.266 e. The van der Waals surface area contributed by atoms with E-state index in [2.05, 4.69) is 36.2 Å². The van der Waals surface area contributed by atoms with Crippen molar-refractivity contribution in [2.45, 2.75) is 39.2 Å². The second kappa shape index (κ2) is 7.58. The fourth-order valence-corrected chi connectivity index (χ4v) is 4.32. The number of hydrogen-bond acceptors (Lipinski definition) is 4. The van der Waals surface area contributed by atoms with Crippen molar-refractivity contribution in [3.05, 3.63) is 40.4 Å². The van der Waals surface area contributed by atoms with E-state index in [1.165, 1.54) is 16.9 Å². The van der Waals surface area contributed by atoms with Gasteiger partial charge in [0.1, 0.15) is 15.9 Å². The van der Waals surface area contributed by atoms with Crippen molar-refractivity contribution in [1.29, 1.82) is 0 Å². The van der Waals surface area contributed by atoms with Crippen LogP contribution in [0.15, 0.2) is 24.3 Å². The second-order valence-electron chi connectivity index (χ2n) is 6.87. The predicted molar refractivity (Wildman–Crippen MR) is 104 cm³/mol. The largest absolute Gasteiger partial charge is 0.347 e. The van der Waals surface area contributed by atoms with Crippen molar-refractivity contribution >= 4 is 23.2 Å². The number of likely N-dealkylation sites (tertiary alicyclic amines) is 1. The van der Waals surface area contributed by atoms with Crippen LogP contribution in [0.5, 0.6) is 0 Å². The lowest BCUT2D eigenvalue weighted by atomic mass is 10.1. The zero-order valence-electron chi connectivity index (χ0n) is 15.8. The Morgan fingerprint density at radius 3 is 2.58 bits per heavy atom. The number of carbonyl (C=O) groups is 2. The minimum atomic E-state index is -0.355. The minimum Gasteiger partial charge on any atom is -0.347 e. The van der Waals surface area contributed by atoms with E-state index < -0.39 is 0 Å². The molecule has 3 rings (SSSR count). The quantitative estimate of drug-likeness (QED) is 0.828. The molecule has 0 aliphatic carbocycles. The van der Waals surface area contributed by atoms with Gasteiger partial charge in [0.2, 0.25) is 5.91 Å². The average molecular weight is 372 g/mol. The van der Waals surface area contributed by atoms with E-state index in [9.17, 15) is 9.59 Å². The number of aromatic nitrogens is 1. The molecule has 2 amide bonds. The Morgan fingerprint density at radius 1 is 1.27 bits per heavy atom. The van der Waals surface area contributed by atoms with E-state index >= 15 is 0 Å². The summed E-state index contributed by atoms with van der Waals surface area (Å²) < 4.78 is 0. The van der Waals surface area contributed by atoms with Gasteiger partial charge in [-0.05, 0) is 31.7 Å². The molecule has 1 aliphatic rings. The van der Waals surface area contributed by atoms with Crippen LogP contribution < -0.4 is 0 Å².